The Morgan fingerprint density at radius 2 is 1.95 bits per heavy atom. The van der Waals surface area contributed by atoms with E-state index >= 15 is 0 Å². The molecule has 112 valence electrons. The van der Waals surface area contributed by atoms with E-state index in [2.05, 4.69) is 17.1 Å². The number of hydrogen-bond donors (Lipinski definition) is 2. The number of aliphatic hydroxyl groups excluding tert-OH is 1. The molecule has 0 aromatic carbocycles. The van der Waals surface area contributed by atoms with Crippen LogP contribution in [-0.2, 0) is 4.79 Å². The van der Waals surface area contributed by atoms with Crippen molar-refractivity contribution < 1.29 is 9.90 Å². The molecule has 0 heterocycles. The topological polar surface area (TPSA) is 52.6 Å². The van der Waals surface area contributed by atoms with Crippen LogP contribution in [0.2, 0.25) is 0 Å². The molecule has 1 amide bonds. The minimum absolute atomic E-state index is 0.0749. The van der Waals surface area contributed by atoms with Gasteiger partial charge >= 0.3 is 0 Å². The lowest BCUT2D eigenvalue weighted by atomic mass is 9.94. The predicted molar refractivity (Wildman–Crippen MR) is 78.0 cm³/mol. The first-order valence-electron chi connectivity index (χ1n) is 7.64. The van der Waals surface area contributed by atoms with Crippen LogP contribution >= 0.6 is 0 Å². The molecule has 2 N–H and O–H groups in total. The van der Waals surface area contributed by atoms with E-state index in [1.54, 1.807) is 0 Å². The van der Waals surface area contributed by atoms with E-state index in [0.717, 1.165) is 19.3 Å². The molecule has 1 aliphatic carbocycles. The number of hydrogen-bond acceptors (Lipinski definition) is 3. The Bertz CT molecular complexity index is 273. The van der Waals surface area contributed by atoms with Gasteiger partial charge in [-0.15, -0.1) is 0 Å². The lowest BCUT2D eigenvalue weighted by Crippen LogP contribution is -2.50. The first kappa shape index (κ1) is 16.4. The average Bonchev–Trinajstić information content (AvgIpc) is 2.38. The molecule has 1 aliphatic rings. The Balaban J connectivity index is 2.50. The number of nitrogens with zero attached hydrogens (tertiary/aromatic N) is 1. The van der Waals surface area contributed by atoms with Crippen LogP contribution < -0.4 is 5.32 Å². The zero-order valence-electron chi connectivity index (χ0n) is 12.7. The Morgan fingerprint density at radius 3 is 2.47 bits per heavy atom. The Hall–Kier alpha value is -0.610. The smallest absolute Gasteiger partial charge is 0.234 e. The van der Waals surface area contributed by atoms with Crippen molar-refractivity contribution in [3.05, 3.63) is 0 Å². The van der Waals surface area contributed by atoms with Gasteiger partial charge in [0, 0.05) is 18.1 Å². The highest BCUT2D eigenvalue weighted by Crippen LogP contribution is 2.22. The average molecular weight is 270 g/mol. The fourth-order valence-electron chi connectivity index (χ4n) is 2.66. The molecule has 4 heteroatoms. The van der Waals surface area contributed by atoms with Crippen molar-refractivity contribution in [1.82, 2.24) is 10.2 Å². The van der Waals surface area contributed by atoms with Gasteiger partial charge in [0.2, 0.25) is 5.91 Å². The Morgan fingerprint density at radius 1 is 1.32 bits per heavy atom. The summed E-state index contributed by atoms with van der Waals surface area (Å²) in [7, 11) is 0. The van der Waals surface area contributed by atoms with E-state index in [1.807, 2.05) is 13.8 Å². The molecule has 0 spiro atoms. The molecule has 0 unspecified atom stereocenters. The highest BCUT2D eigenvalue weighted by atomic mass is 16.3. The SMILES string of the molecule is CCC(C)(C)NC(=O)CN(CCO)C1CCCCC1. The fourth-order valence-corrected chi connectivity index (χ4v) is 2.66. The zero-order valence-corrected chi connectivity index (χ0v) is 12.7. The molecule has 19 heavy (non-hydrogen) atoms. The number of aliphatic hydroxyl groups is 1. The van der Waals surface area contributed by atoms with Gasteiger partial charge in [0.25, 0.3) is 0 Å². The van der Waals surface area contributed by atoms with Crippen LogP contribution in [-0.4, -0.2) is 47.2 Å². The van der Waals surface area contributed by atoms with Gasteiger partial charge in [-0.25, -0.2) is 0 Å². The molecule has 0 aromatic heterocycles. The van der Waals surface area contributed by atoms with Gasteiger partial charge in [0.15, 0.2) is 0 Å². The van der Waals surface area contributed by atoms with Crippen LogP contribution in [0.4, 0.5) is 0 Å². The quantitative estimate of drug-likeness (QED) is 0.743. The van der Waals surface area contributed by atoms with Gasteiger partial charge in [0.1, 0.15) is 0 Å². The second-order valence-electron chi connectivity index (χ2n) is 6.27. The molecule has 0 saturated heterocycles. The van der Waals surface area contributed by atoms with Crippen molar-refractivity contribution in [2.24, 2.45) is 0 Å². The summed E-state index contributed by atoms with van der Waals surface area (Å²) in [5.74, 6) is 0.0749. The Labute approximate surface area is 117 Å². The molecular weight excluding hydrogens is 240 g/mol. The largest absolute Gasteiger partial charge is 0.395 e. The summed E-state index contributed by atoms with van der Waals surface area (Å²) in [4.78, 5) is 14.3. The van der Waals surface area contributed by atoms with E-state index in [1.165, 1.54) is 19.3 Å². The first-order valence-corrected chi connectivity index (χ1v) is 7.64. The number of nitrogens with one attached hydrogen (secondary N) is 1. The number of carbonyl (C=O) groups is 1. The standard InChI is InChI=1S/C15H30N2O2/c1-4-15(2,3)16-14(19)12-17(10-11-18)13-8-6-5-7-9-13/h13,18H,4-12H2,1-3H3,(H,16,19). The molecular formula is C15H30N2O2. The van der Waals surface area contributed by atoms with E-state index in [4.69, 9.17) is 0 Å². The third-order valence-electron chi connectivity index (χ3n) is 4.19. The van der Waals surface area contributed by atoms with Crippen molar-refractivity contribution in [1.29, 1.82) is 0 Å². The molecule has 0 bridgehead atoms. The highest BCUT2D eigenvalue weighted by Gasteiger charge is 2.24. The molecule has 0 aliphatic heterocycles. The summed E-state index contributed by atoms with van der Waals surface area (Å²) in [5.41, 5.74) is -0.144. The van der Waals surface area contributed by atoms with Crippen LogP contribution in [0.5, 0.6) is 0 Å². The van der Waals surface area contributed by atoms with Crippen molar-refractivity contribution >= 4 is 5.91 Å². The normalized spacial score (nSPS) is 17.7. The summed E-state index contributed by atoms with van der Waals surface area (Å²) >= 11 is 0. The van der Waals surface area contributed by atoms with E-state index in [9.17, 15) is 9.90 Å². The molecule has 0 radical (unpaired) electrons. The van der Waals surface area contributed by atoms with E-state index in [-0.39, 0.29) is 18.1 Å². The van der Waals surface area contributed by atoms with Gasteiger partial charge in [0.05, 0.1) is 13.2 Å². The summed E-state index contributed by atoms with van der Waals surface area (Å²) in [6.07, 6.45) is 7.03. The lowest BCUT2D eigenvalue weighted by molar-refractivity contribution is -0.124. The van der Waals surface area contributed by atoms with Crippen molar-refractivity contribution in [2.75, 3.05) is 19.7 Å². The fraction of sp³-hybridized carbons (Fsp3) is 0.933. The van der Waals surface area contributed by atoms with Crippen LogP contribution in [0.15, 0.2) is 0 Å². The molecule has 1 fully saturated rings. The minimum atomic E-state index is -0.144. The second kappa shape index (κ2) is 7.85. The summed E-state index contributed by atoms with van der Waals surface area (Å²) in [6, 6.07) is 0.469. The van der Waals surface area contributed by atoms with Gasteiger partial charge < -0.3 is 10.4 Å². The summed E-state index contributed by atoms with van der Waals surface area (Å²) < 4.78 is 0. The maximum atomic E-state index is 12.1. The van der Waals surface area contributed by atoms with Crippen LogP contribution in [0.3, 0.4) is 0 Å². The van der Waals surface area contributed by atoms with Crippen LogP contribution in [0, 0.1) is 0 Å². The highest BCUT2D eigenvalue weighted by molar-refractivity contribution is 5.78. The van der Waals surface area contributed by atoms with E-state index < -0.39 is 0 Å². The maximum Gasteiger partial charge on any atom is 0.234 e. The number of carbonyl (C=O) groups excluding carboxylic acids is 1. The van der Waals surface area contributed by atoms with E-state index in [0.29, 0.717) is 19.1 Å². The monoisotopic (exact) mass is 270 g/mol. The zero-order chi connectivity index (χ0) is 14.3. The molecule has 1 rings (SSSR count). The van der Waals surface area contributed by atoms with Crippen molar-refractivity contribution in [3.8, 4) is 0 Å². The van der Waals surface area contributed by atoms with Gasteiger partial charge in [-0.05, 0) is 33.1 Å². The second-order valence-corrected chi connectivity index (χ2v) is 6.27. The summed E-state index contributed by atoms with van der Waals surface area (Å²) in [6.45, 7) is 7.30. The Kier molecular flexibility index (Phi) is 6.80. The molecule has 0 aromatic rings. The predicted octanol–water partition coefficient (Wildman–Crippen LogP) is 1.92. The van der Waals surface area contributed by atoms with Crippen molar-refractivity contribution in [3.63, 3.8) is 0 Å². The third-order valence-corrected chi connectivity index (χ3v) is 4.19. The number of amides is 1. The number of rotatable bonds is 7. The van der Waals surface area contributed by atoms with Crippen molar-refractivity contribution in [2.45, 2.75) is 70.9 Å². The van der Waals surface area contributed by atoms with Gasteiger partial charge in [-0.1, -0.05) is 26.2 Å². The summed E-state index contributed by atoms with van der Waals surface area (Å²) in [5, 5.41) is 12.3. The third kappa shape index (κ3) is 5.91. The van der Waals surface area contributed by atoms with Crippen LogP contribution in [0.1, 0.15) is 59.3 Å². The van der Waals surface area contributed by atoms with Gasteiger partial charge in [-0.2, -0.15) is 0 Å². The van der Waals surface area contributed by atoms with Crippen LogP contribution in [0.25, 0.3) is 0 Å². The molecule has 1 saturated carbocycles. The maximum absolute atomic E-state index is 12.1. The molecule has 0 atom stereocenters. The first-order chi connectivity index (χ1) is 8.98. The minimum Gasteiger partial charge on any atom is -0.395 e. The lowest BCUT2D eigenvalue weighted by Gasteiger charge is -2.34. The van der Waals surface area contributed by atoms with Gasteiger partial charge in [-0.3, -0.25) is 9.69 Å². The molecule has 4 nitrogen and oxygen atoms in total.